The highest BCUT2D eigenvalue weighted by atomic mass is 35.5. The zero-order chi connectivity index (χ0) is 13.1. The van der Waals surface area contributed by atoms with Crippen LogP contribution < -0.4 is 10.6 Å². The number of hydrogen-bond acceptors (Lipinski definition) is 3. The summed E-state index contributed by atoms with van der Waals surface area (Å²) < 4.78 is 4.84. The van der Waals surface area contributed by atoms with Crippen LogP contribution in [0, 0.1) is 13.8 Å². The van der Waals surface area contributed by atoms with Crippen molar-refractivity contribution in [2.75, 3.05) is 10.6 Å². The Morgan fingerprint density at radius 2 is 2.06 bits per heavy atom. The Hall–Kier alpha value is -2.01. The fourth-order valence-electron chi connectivity index (χ4n) is 1.37. The number of aromatic nitrogens is 1. The highest BCUT2D eigenvalue weighted by Crippen LogP contribution is 2.20. The van der Waals surface area contributed by atoms with Gasteiger partial charge in [0.2, 0.25) is 0 Å². The Balaban J connectivity index is 2.00. The molecule has 0 saturated carbocycles. The van der Waals surface area contributed by atoms with E-state index < -0.39 is 6.03 Å². The van der Waals surface area contributed by atoms with E-state index >= 15 is 0 Å². The van der Waals surface area contributed by atoms with Crippen LogP contribution in [-0.2, 0) is 0 Å². The smallest absolute Gasteiger partial charge is 0.324 e. The van der Waals surface area contributed by atoms with Gasteiger partial charge in [0.25, 0.3) is 0 Å². The van der Waals surface area contributed by atoms with E-state index in [4.69, 9.17) is 16.1 Å². The maximum atomic E-state index is 11.6. The summed E-state index contributed by atoms with van der Waals surface area (Å²) in [5.74, 6) is 0.992. The lowest BCUT2D eigenvalue weighted by molar-refractivity contribution is 0.262. The van der Waals surface area contributed by atoms with Crippen LogP contribution in [0.15, 0.2) is 28.8 Å². The molecule has 5 nitrogen and oxygen atoms in total. The molecule has 18 heavy (non-hydrogen) atoms. The van der Waals surface area contributed by atoms with Crippen LogP contribution in [0.1, 0.15) is 11.3 Å². The van der Waals surface area contributed by atoms with Crippen LogP contribution in [0.25, 0.3) is 0 Å². The van der Waals surface area contributed by atoms with Crippen LogP contribution in [0.5, 0.6) is 0 Å². The summed E-state index contributed by atoms with van der Waals surface area (Å²) in [5.41, 5.74) is 1.57. The van der Waals surface area contributed by atoms with E-state index in [1.54, 1.807) is 25.1 Å². The van der Waals surface area contributed by atoms with Crippen molar-refractivity contribution in [3.8, 4) is 0 Å². The van der Waals surface area contributed by atoms with E-state index in [1.165, 1.54) is 0 Å². The molecule has 0 bridgehead atoms. The molecule has 2 aromatic rings. The lowest BCUT2D eigenvalue weighted by Gasteiger charge is -2.06. The average molecular weight is 266 g/mol. The van der Waals surface area contributed by atoms with Crippen molar-refractivity contribution in [2.24, 2.45) is 0 Å². The third-order valence-corrected chi connectivity index (χ3v) is 2.71. The average Bonchev–Trinajstić information content (AvgIpc) is 2.69. The van der Waals surface area contributed by atoms with E-state index in [9.17, 15) is 4.79 Å². The Labute approximate surface area is 109 Å². The van der Waals surface area contributed by atoms with Gasteiger partial charge in [0.1, 0.15) is 5.76 Å². The Kier molecular flexibility index (Phi) is 3.53. The van der Waals surface area contributed by atoms with Crippen molar-refractivity contribution in [3.63, 3.8) is 0 Å². The predicted octanol–water partition coefficient (Wildman–Crippen LogP) is 3.59. The van der Waals surface area contributed by atoms with Crippen LogP contribution in [-0.4, -0.2) is 11.2 Å². The largest absolute Gasteiger partial charge is 0.360 e. The minimum Gasteiger partial charge on any atom is -0.360 e. The first-order valence-corrected chi connectivity index (χ1v) is 5.70. The first-order chi connectivity index (χ1) is 8.54. The number of anilines is 2. The van der Waals surface area contributed by atoms with Gasteiger partial charge in [-0.3, -0.25) is 5.32 Å². The molecule has 0 saturated heterocycles. The van der Waals surface area contributed by atoms with E-state index in [1.807, 2.05) is 13.0 Å². The van der Waals surface area contributed by atoms with Gasteiger partial charge in [-0.15, -0.1) is 0 Å². The molecule has 0 fully saturated rings. The Bertz CT molecular complexity index is 580. The van der Waals surface area contributed by atoms with Gasteiger partial charge in [0.05, 0.1) is 0 Å². The molecule has 2 rings (SSSR count). The molecule has 1 aromatic heterocycles. The van der Waals surface area contributed by atoms with Crippen molar-refractivity contribution in [1.29, 1.82) is 0 Å². The molecule has 0 atom stereocenters. The molecule has 0 unspecified atom stereocenters. The summed E-state index contributed by atoms with van der Waals surface area (Å²) in [6, 6.07) is 6.52. The molecule has 0 aliphatic heterocycles. The number of nitrogens with zero attached hydrogens (tertiary/aromatic N) is 1. The molecule has 2 amide bonds. The monoisotopic (exact) mass is 265 g/mol. The zero-order valence-electron chi connectivity index (χ0n) is 9.95. The van der Waals surface area contributed by atoms with Gasteiger partial charge in [-0.1, -0.05) is 22.8 Å². The van der Waals surface area contributed by atoms with Gasteiger partial charge in [-0.2, -0.15) is 0 Å². The molecule has 6 heteroatoms. The number of benzene rings is 1. The predicted molar refractivity (Wildman–Crippen MR) is 70.1 cm³/mol. The van der Waals surface area contributed by atoms with E-state index in [-0.39, 0.29) is 0 Å². The Morgan fingerprint density at radius 3 is 2.67 bits per heavy atom. The van der Waals surface area contributed by atoms with Crippen molar-refractivity contribution < 1.29 is 9.32 Å². The van der Waals surface area contributed by atoms with E-state index in [2.05, 4.69) is 15.8 Å². The minimum atomic E-state index is -0.400. The Morgan fingerprint density at radius 1 is 1.28 bits per heavy atom. The molecular weight excluding hydrogens is 254 g/mol. The number of hydrogen-bond donors (Lipinski definition) is 2. The highest BCUT2D eigenvalue weighted by Gasteiger charge is 2.06. The van der Waals surface area contributed by atoms with Gasteiger partial charge < -0.3 is 9.84 Å². The molecule has 0 radical (unpaired) electrons. The quantitative estimate of drug-likeness (QED) is 0.872. The van der Waals surface area contributed by atoms with Crippen LogP contribution >= 0.6 is 11.6 Å². The van der Waals surface area contributed by atoms with Gasteiger partial charge >= 0.3 is 6.03 Å². The van der Waals surface area contributed by atoms with Crippen molar-refractivity contribution in [3.05, 3.63) is 40.6 Å². The molecule has 0 spiro atoms. The first-order valence-electron chi connectivity index (χ1n) is 5.32. The second-order valence-corrected chi connectivity index (χ2v) is 4.27. The normalized spacial score (nSPS) is 10.2. The summed E-state index contributed by atoms with van der Waals surface area (Å²) in [7, 11) is 0. The molecule has 1 heterocycles. The fraction of sp³-hybridized carbons (Fsp3) is 0.167. The second-order valence-electron chi connectivity index (χ2n) is 3.87. The van der Waals surface area contributed by atoms with Crippen LogP contribution in [0.4, 0.5) is 16.3 Å². The standard InChI is InChI=1S/C12H12ClN3O2/c1-7-3-4-9(6-10(7)13)14-12(17)15-11-5-8(2)18-16-11/h3-6H,1-2H3,(H2,14,15,16,17). The fourth-order valence-corrected chi connectivity index (χ4v) is 1.56. The first kappa shape index (κ1) is 12.4. The lowest BCUT2D eigenvalue weighted by atomic mass is 10.2. The number of halogens is 1. The third-order valence-electron chi connectivity index (χ3n) is 2.30. The minimum absolute atomic E-state index is 0.364. The van der Waals surface area contributed by atoms with Crippen LogP contribution in [0.2, 0.25) is 5.02 Å². The third kappa shape index (κ3) is 3.01. The summed E-state index contributed by atoms with van der Waals surface area (Å²) in [4.78, 5) is 11.6. The topological polar surface area (TPSA) is 67.2 Å². The van der Waals surface area contributed by atoms with Crippen molar-refractivity contribution >= 4 is 29.1 Å². The number of urea groups is 1. The van der Waals surface area contributed by atoms with Gasteiger partial charge in [-0.25, -0.2) is 4.79 Å². The van der Waals surface area contributed by atoms with E-state index in [0.717, 1.165) is 5.56 Å². The maximum absolute atomic E-state index is 11.6. The SMILES string of the molecule is Cc1cc(NC(=O)Nc2ccc(C)c(Cl)c2)no1. The number of aryl methyl sites for hydroxylation is 2. The summed E-state index contributed by atoms with van der Waals surface area (Å²) >= 11 is 5.96. The summed E-state index contributed by atoms with van der Waals surface area (Å²) in [6.07, 6.45) is 0. The lowest BCUT2D eigenvalue weighted by Crippen LogP contribution is -2.19. The van der Waals surface area contributed by atoms with Gasteiger partial charge in [-0.05, 0) is 31.5 Å². The number of amides is 2. The number of nitrogens with one attached hydrogen (secondary N) is 2. The van der Waals surface area contributed by atoms with E-state index in [0.29, 0.717) is 22.3 Å². The number of carbonyl (C=O) groups is 1. The molecule has 94 valence electrons. The molecule has 0 aliphatic carbocycles. The van der Waals surface area contributed by atoms with Crippen LogP contribution in [0.3, 0.4) is 0 Å². The van der Waals surface area contributed by atoms with Crippen molar-refractivity contribution in [1.82, 2.24) is 5.16 Å². The van der Waals surface area contributed by atoms with Gasteiger partial charge in [0, 0.05) is 16.8 Å². The zero-order valence-corrected chi connectivity index (χ0v) is 10.7. The molecule has 1 aromatic carbocycles. The molecule has 2 N–H and O–H groups in total. The summed E-state index contributed by atoms with van der Waals surface area (Å²) in [5, 5.41) is 9.46. The number of carbonyl (C=O) groups excluding carboxylic acids is 1. The maximum Gasteiger partial charge on any atom is 0.324 e. The molecule has 0 aliphatic rings. The molecular formula is C12H12ClN3O2. The summed E-state index contributed by atoms with van der Waals surface area (Å²) in [6.45, 7) is 3.64. The van der Waals surface area contributed by atoms with Gasteiger partial charge in [0.15, 0.2) is 5.82 Å². The highest BCUT2D eigenvalue weighted by molar-refractivity contribution is 6.31. The second kappa shape index (κ2) is 5.10. The van der Waals surface area contributed by atoms with Crippen molar-refractivity contribution in [2.45, 2.75) is 13.8 Å². The number of rotatable bonds is 2.